The summed E-state index contributed by atoms with van der Waals surface area (Å²) in [6.45, 7) is 0. The summed E-state index contributed by atoms with van der Waals surface area (Å²) in [6, 6.07) is 8.71. The molecule has 11 heavy (non-hydrogen) atoms. The highest BCUT2D eigenvalue weighted by atomic mass is 32.3. The maximum atomic E-state index is 10.5. The zero-order valence-electron chi connectivity index (χ0n) is 5.84. The van der Waals surface area contributed by atoms with Crippen LogP contribution in [0.3, 0.4) is 0 Å². The molecule has 0 saturated heterocycles. The lowest BCUT2D eigenvalue weighted by Crippen LogP contribution is -2.10. The predicted molar refractivity (Wildman–Crippen MR) is 44.9 cm³/mol. The summed E-state index contributed by atoms with van der Waals surface area (Å²) in [6.07, 6.45) is 0. The Kier molecular flexibility index (Phi) is 2.38. The first kappa shape index (κ1) is 8.39. The fraction of sp³-hybridized carbons (Fsp3) is 0.143. The van der Waals surface area contributed by atoms with Crippen molar-refractivity contribution in [2.45, 2.75) is 5.75 Å². The molecular weight excluding hydrogens is 164 g/mol. The molecule has 0 fully saturated rings. The van der Waals surface area contributed by atoms with Gasteiger partial charge in [-0.2, -0.15) is 0 Å². The minimum atomic E-state index is -3.89. The minimum Gasteiger partial charge on any atom is -0.309 e. The molecule has 2 N–H and O–H groups in total. The standard InChI is InChI=1S/C7H10O3S/c8-11(9,10)6-7-4-2-1-3-5-7/h1-5,11H,6H2,(H2,8,9,10). The summed E-state index contributed by atoms with van der Waals surface area (Å²) in [5.74, 6) is -0.173. The molecule has 0 aliphatic heterocycles. The molecule has 0 heterocycles. The first-order chi connectivity index (χ1) is 5.08. The zero-order valence-corrected chi connectivity index (χ0v) is 6.74. The Morgan fingerprint density at radius 3 is 2.18 bits per heavy atom. The van der Waals surface area contributed by atoms with E-state index in [0.717, 1.165) is 0 Å². The van der Waals surface area contributed by atoms with Crippen molar-refractivity contribution in [3.8, 4) is 0 Å². The van der Waals surface area contributed by atoms with E-state index >= 15 is 0 Å². The van der Waals surface area contributed by atoms with E-state index in [9.17, 15) is 4.21 Å². The van der Waals surface area contributed by atoms with E-state index in [0.29, 0.717) is 5.56 Å². The summed E-state index contributed by atoms with van der Waals surface area (Å²) >= 11 is 0. The van der Waals surface area contributed by atoms with Crippen LogP contribution in [0.5, 0.6) is 0 Å². The Labute approximate surface area is 66.1 Å². The van der Waals surface area contributed by atoms with E-state index in [1.807, 2.05) is 6.07 Å². The Morgan fingerprint density at radius 1 is 1.18 bits per heavy atom. The topological polar surface area (TPSA) is 57.5 Å². The number of thiol groups is 1. The molecular formula is C7H10O3S. The third kappa shape index (κ3) is 3.27. The molecule has 3 nitrogen and oxygen atoms in total. The Hall–Kier alpha value is -0.710. The van der Waals surface area contributed by atoms with Gasteiger partial charge in [0.15, 0.2) is 0 Å². The van der Waals surface area contributed by atoms with Crippen molar-refractivity contribution in [3.05, 3.63) is 35.9 Å². The molecule has 0 unspecified atom stereocenters. The summed E-state index contributed by atoms with van der Waals surface area (Å²) < 4.78 is 27.7. The van der Waals surface area contributed by atoms with Crippen LogP contribution < -0.4 is 0 Å². The summed E-state index contributed by atoms with van der Waals surface area (Å²) in [5.41, 5.74) is 0.667. The quantitative estimate of drug-likeness (QED) is 0.589. The summed E-state index contributed by atoms with van der Waals surface area (Å²) in [5, 5.41) is 0. The summed E-state index contributed by atoms with van der Waals surface area (Å²) in [7, 11) is -3.89. The molecule has 1 rings (SSSR count). The van der Waals surface area contributed by atoms with Gasteiger partial charge in [-0.05, 0) is 5.56 Å². The van der Waals surface area contributed by atoms with E-state index in [1.54, 1.807) is 24.3 Å². The van der Waals surface area contributed by atoms with E-state index in [-0.39, 0.29) is 5.75 Å². The average Bonchev–Trinajstić information content (AvgIpc) is 1.85. The molecule has 0 radical (unpaired) electrons. The minimum absolute atomic E-state index is 0.173. The van der Waals surface area contributed by atoms with Crippen LogP contribution in [0.1, 0.15) is 5.56 Å². The van der Waals surface area contributed by atoms with E-state index < -0.39 is 10.5 Å². The second-order valence-corrected chi connectivity index (χ2v) is 3.95. The fourth-order valence-electron chi connectivity index (χ4n) is 0.821. The normalized spacial score (nSPS) is 12.9. The molecule has 0 aliphatic rings. The van der Waals surface area contributed by atoms with Gasteiger partial charge in [0.2, 0.25) is 0 Å². The average molecular weight is 174 g/mol. The van der Waals surface area contributed by atoms with Crippen molar-refractivity contribution in [1.29, 1.82) is 0 Å². The molecule has 0 bridgehead atoms. The predicted octanol–water partition coefficient (Wildman–Crippen LogP) is 1.15. The molecule has 1 aromatic rings. The van der Waals surface area contributed by atoms with Crippen LogP contribution in [0, 0.1) is 0 Å². The van der Waals surface area contributed by atoms with Gasteiger partial charge in [0.1, 0.15) is 0 Å². The highest BCUT2D eigenvalue weighted by Gasteiger charge is 2.03. The monoisotopic (exact) mass is 174 g/mol. The SMILES string of the molecule is O=[SH](O)(O)Cc1ccccc1. The maximum Gasteiger partial charge on any atom is 0.0773 e. The van der Waals surface area contributed by atoms with Gasteiger partial charge in [-0.15, -0.1) is 0 Å². The van der Waals surface area contributed by atoms with Crippen molar-refractivity contribution >= 4 is 10.5 Å². The fourth-order valence-corrected chi connectivity index (χ4v) is 1.51. The molecule has 0 aliphatic carbocycles. The first-order valence-corrected chi connectivity index (χ1v) is 4.96. The van der Waals surface area contributed by atoms with Crippen molar-refractivity contribution in [3.63, 3.8) is 0 Å². The van der Waals surface area contributed by atoms with Crippen molar-refractivity contribution < 1.29 is 13.3 Å². The van der Waals surface area contributed by atoms with Crippen LogP contribution in [0.4, 0.5) is 0 Å². The molecule has 4 heteroatoms. The number of hydrogen-bond acceptors (Lipinski definition) is 1. The van der Waals surface area contributed by atoms with Gasteiger partial charge in [0.25, 0.3) is 0 Å². The highest BCUT2D eigenvalue weighted by Crippen LogP contribution is 2.06. The van der Waals surface area contributed by atoms with Crippen LogP contribution in [0.2, 0.25) is 0 Å². The lowest BCUT2D eigenvalue weighted by molar-refractivity contribution is 0.422. The Bertz CT molecular complexity index is 264. The van der Waals surface area contributed by atoms with Crippen molar-refractivity contribution in [1.82, 2.24) is 0 Å². The van der Waals surface area contributed by atoms with Crippen LogP contribution in [0.25, 0.3) is 0 Å². The number of benzene rings is 1. The molecule has 0 saturated carbocycles. The second kappa shape index (κ2) is 3.13. The van der Waals surface area contributed by atoms with E-state index in [2.05, 4.69) is 0 Å². The van der Waals surface area contributed by atoms with Gasteiger partial charge in [-0.1, -0.05) is 30.3 Å². The van der Waals surface area contributed by atoms with Crippen LogP contribution >= 0.6 is 0 Å². The van der Waals surface area contributed by atoms with Gasteiger partial charge in [0.05, 0.1) is 16.2 Å². The van der Waals surface area contributed by atoms with Gasteiger partial charge in [-0.25, -0.2) is 4.21 Å². The van der Waals surface area contributed by atoms with Crippen molar-refractivity contribution in [2.24, 2.45) is 0 Å². The lowest BCUT2D eigenvalue weighted by Gasteiger charge is -2.08. The third-order valence-corrected chi connectivity index (χ3v) is 2.01. The van der Waals surface area contributed by atoms with Gasteiger partial charge in [-0.3, -0.25) is 0 Å². The van der Waals surface area contributed by atoms with Crippen LogP contribution in [-0.2, 0) is 16.2 Å². The molecule has 0 atom stereocenters. The van der Waals surface area contributed by atoms with Crippen LogP contribution in [0.15, 0.2) is 30.3 Å². The van der Waals surface area contributed by atoms with E-state index in [4.69, 9.17) is 9.11 Å². The molecule has 0 aromatic heterocycles. The Morgan fingerprint density at radius 2 is 1.73 bits per heavy atom. The lowest BCUT2D eigenvalue weighted by atomic mass is 10.2. The highest BCUT2D eigenvalue weighted by molar-refractivity contribution is 7.91. The molecule has 0 amide bonds. The number of hydrogen-bond donors (Lipinski definition) is 3. The first-order valence-electron chi connectivity index (χ1n) is 3.16. The van der Waals surface area contributed by atoms with Crippen molar-refractivity contribution in [2.75, 3.05) is 0 Å². The van der Waals surface area contributed by atoms with Gasteiger partial charge in [0, 0.05) is 0 Å². The van der Waals surface area contributed by atoms with Gasteiger partial charge < -0.3 is 9.11 Å². The number of rotatable bonds is 2. The smallest absolute Gasteiger partial charge is 0.0773 e. The second-order valence-electron chi connectivity index (χ2n) is 2.31. The molecule has 0 spiro atoms. The zero-order chi connectivity index (χ0) is 8.32. The molecule has 1 aromatic carbocycles. The Balaban J connectivity index is 2.74. The molecule has 62 valence electrons. The maximum absolute atomic E-state index is 10.5. The van der Waals surface area contributed by atoms with Gasteiger partial charge >= 0.3 is 0 Å². The van der Waals surface area contributed by atoms with Crippen LogP contribution in [-0.4, -0.2) is 13.3 Å². The largest absolute Gasteiger partial charge is 0.309 e. The van der Waals surface area contributed by atoms with E-state index in [1.165, 1.54) is 0 Å². The summed E-state index contributed by atoms with van der Waals surface area (Å²) in [4.78, 5) is 0. The third-order valence-electron chi connectivity index (χ3n) is 1.23.